The normalized spacial score (nSPS) is 21.3. The van der Waals surface area contributed by atoms with Crippen LogP contribution in [0.1, 0.15) is 36.3 Å². The van der Waals surface area contributed by atoms with E-state index >= 15 is 0 Å². The molecule has 8 heteroatoms. The smallest absolute Gasteiger partial charge is 0.417 e. The number of halogens is 4. The molecule has 3 heterocycles. The highest BCUT2D eigenvalue weighted by Gasteiger charge is 2.41. The number of ether oxygens (including phenoxy) is 2. The van der Waals surface area contributed by atoms with E-state index in [1.807, 2.05) is 18.2 Å². The maximum atomic E-state index is 12.6. The van der Waals surface area contributed by atoms with Gasteiger partial charge in [0.15, 0.2) is 0 Å². The Morgan fingerprint density at radius 2 is 1.93 bits per heavy atom. The molecule has 152 valence electrons. The van der Waals surface area contributed by atoms with Gasteiger partial charge in [-0.2, -0.15) is 13.2 Å². The predicted octanol–water partition coefficient (Wildman–Crippen LogP) is 4.94. The second-order valence-electron chi connectivity index (χ2n) is 7.20. The van der Waals surface area contributed by atoms with Gasteiger partial charge in [-0.05, 0) is 56.1 Å². The van der Waals surface area contributed by atoms with E-state index in [2.05, 4.69) is 10.3 Å². The molecule has 1 aromatic heterocycles. The van der Waals surface area contributed by atoms with Gasteiger partial charge < -0.3 is 14.8 Å². The van der Waals surface area contributed by atoms with E-state index in [-0.39, 0.29) is 23.9 Å². The molecule has 0 radical (unpaired) electrons. The summed E-state index contributed by atoms with van der Waals surface area (Å²) in [5.74, 6) is 0.996. The van der Waals surface area contributed by atoms with E-state index in [0.717, 1.165) is 50.2 Å². The van der Waals surface area contributed by atoms with Gasteiger partial charge in [-0.1, -0.05) is 12.1 Å². The third-order valence-corrected chi connectivity index (χ3v) is 5.34. The van der Waals surface area contributed by atoms with Crippen molar-refractivity contribution in [2.75, 3.05) is 19.7 Å². The van der Waals surface area contributed by atoms with Gasteiger partial charge in [0.05, 0.1) is 17.8 Å². The van der Waals surface area contributed by atoms with Crippen LogP contribution in [0.5, 0.6) is 11.6 Å². The van der Waals surface area contributed by atoms with Crippen molar-refractivity contribution in [1.29, 1.82) is 0 Å². The fourth-order valence-electron chi connectivity index (χ4n) is 3.85. The lowest BCUT2D eigenvalue weighted by Crippen LogP contribution is -2.41. The van der Waals surface area contributed by atoms with Crippen LogP contribution >= 0.6 is 12.4 Å². The maximum absolute atomic E-state index is 12.6. The maximum Gasteiger partial charge on any atom is 0.417 e. The van der Waals surface area contributed by atoms with Crippen LogP contribution < -0.4 is 10.1 Å². The van der Waals surface area contributed by atoms with Gasteiger partial charge in [0.2, 0.25) is 5.88 Å². The lowest BCUT2D eigenvalue weighted by molar-refractivity contribution is -0.137. The largest absolute Gasteiger partial charge is 0.439 e. The molecule has 1 aromatic carbocycles. The van der Waals surface area contributed by atoms with Crippen LogP contribution in [0.15, 0.2) is 42.6 Å². The monoisotopic (exact) mass is 414 g/mol. The lowest BCUT2D eigenvalue weighted by atomic mass is 9.84. The molecule has 1 spiro atoms. The predicted molar refractivity (Wildman–Crippen MR) is 101 cm³/mol. The molecule has 1 atom stereocenters. The van der Waals surface area contributed by atoms with E-state index < -0.39 is 11.7 Å². The number of piperidine rings is 1. The fourth-order valence-corrected chi connectivity index (χ4v) is 3.85. The first-order valence-corrected chi connectivity index (χ1v) is 9.09. The lowest BCUT2D eigenvalue weighted by Gasteiger charge is -2.33. The first-order chi connectivity index (χ1) is 12.9. The summed E-state index contributed by atoms with van der Waals surface area (Å²) in [6.45, 7) is 2.65. The Morgan fingerprint density at radius 3 is 2.61 bits per heavy atom. The summed E-state index contributed by atoms with van der Waals surface area (Å²) in [6, 6.07) is 9.84. The van der Waals surface area contributed by atoms with Crippen molar-refractivity contribution in [2.45, 2.75) is 37.0 Å². The molecule has 0 aliphatic carbocycles. The van der Waals surface area contributed by atoms with Gasteiger partial charge >= 0.3 is 6.18 Å². The number of aromatic nitrogens is 1. The van der Waals surface area contributed by atoms with Crippen molar-refractivity contribution in [2.24, 2.45) is 0 Å². The van der Waals surface area contributed by atoms with Crippen LogP contribution in [0.25, 0.3) is 0 Å². The van der Waals surface area contributed by atoms with Crippen molar-refractivity contribution < 1.29 is 22.6 Å². The quantitative estimate of drug-likeness (QED) is 0.772. The number of benzene rings is 1. The summed E-state index contributed by atoms with van der Waals surface area (Å²) in [7, 11) is 0. The van der Waals surface area contributed by atoms with Crippen molar-refractivity contribution in [1.82, 2.24) is 10.3 Å². The minimum Gasteiger partial charge on any atom is -0.439 e. The number of nitrogens with zero attached hydrogens (tertiary/aromatic N) is 1. The van der Waals surface area contributed by atoms with Crippen molar-refractivity contribution in [3.05, 3.63) is 53.7 Å². The number of hydrogen-bond donors (Lipinski definition) is 1. The Balaban J connectivity index is 0.00000225. The Hall–Kier alpha value is -1.83. The summed E-state index contributed by atoms with van der Waals surface area (Å²) in [6.07, 6.45) is -0.593. The van der Waals surface area contributed by atoms with E-state index in [4.69, 9.17) is 9.47 Å². The summed E-state index contributed by atoms with van der Waals surface area (Å²) >= 11 is 0. The van der Waals surface area contributed by atoms with Gasteiger partial charge in [-0.15, -0.1) is 12.4 Å². The molecule has 4 rings (SSSR count). The molecular formula is C20H22ClF3N2O2. The van der Waals surface area contributed by atoms with Gasteiger partial charge in [-0.25, -0.2) is 4.98 Å². The molecule has 2 aromatic rings. The molecule has 2 fully saturated rings. The number of alkyl halides is 3. The van der Waals surface area contributed by atoms with Crippen LogP contribution in [0.4, 0.5) is 13.2 Å². The number of nitrogens with one attached hydrogen (secondary N) is 1. The second kappa shape index (κ2) is 8.27. The zero-order valence-corrected chi connectivity index (χ0v) is 16.0. The molecule has 2 aliphatic rings. The molecule has 0 saturated carbocycles. The zero-order chi connectivity index (χ0) is 18.9. The van der Waals surface area contributed by atoms with Gasteiger partial charge in [0.1, 0.15) is 5.75 Å². The molecule has 0 unspecified atom stereocenters. The van der Waals surface area contributed by atoms with E-state index in [1.54, 1.807) is 6.07 Å². The molecular weight excluding hydrogens is 393 g/mol. The average Bonchev–Trinajstić information content (AvgIpc) is 3.06. The van der Waals surface area contributed by atoms with Gasteiger partial charge in [0.25, 0.3) is 0 Å². The van der Waals surface area contributed by atoms with Crippen LogP contribution in [0.2, 0.25) is 0 Å². The summed E-state index contributed by atoms with van der Waals surface area (Å²) in [5.41, 5.74) is 0.302. The molecule has 4 nitrogen and oxygen atoms in total. The second-order valence-corrected chi connectivity index (χ2v) is 7.20. The first kappa shape index (κ1) is 20.9. The molecule has 2 aliphatic heterocycles. The molecule has 2 saturated heterocycles. The number of rotatable bonds is 3. The Bertz CT molecular complexity index is 793. The third kappa shape index (κ3) is 4.59. The molecule has 0 bridgehead atoms. The standard InChI is InChI=1S/C20H21F3N2O2.ClH/c21-20(22,23)16-4-5-18(25-12-16)27-17-3-1-2-14(10-17)15-11-19(26-13-15)6-8-24-9-7-19;/h1-5,10,12,15,24H,6-9,11,13H2;1H/t15-;/m0./s1. The van der Waals surface area contributed by atoms with Crippen LogP contribution in [0, 0.1) is 0 Å². The van der Waals surface area contributed by atoms with Crippen LogP contribution in [-0.4, -0.2) is 30.3 Å². The van der Waals surface area contributed by atoms with Gasteiger partial charge in [0, 0.05) is 18.2 Å². The molecule has 1 N–H and O–H groups in total. The number of hydrogen-bond acceptors (Lipinski definition) is 4. The Kier molecular flexibility index (Phi) is 6.17. The summed E-state index contributed by atoms with van der Waals surface area (Å²) in [5, 5.41) is 3.36. The SMILES string of the molecule is Cl.FC(F)(F)c1ccc(Oc2cccc([C@@H]3COC4(CCNCC4)C3)c2)nc1. The minimum absolute atomic E-state index is 0. The van der Waals surface area contributed by atoms with Gasteiger partial charge in [-0.3, -0.25) is 0 Å². The summed E-state index contributed by atoms with van der Waals surface area (Å²) < 4.78 is 49.7. The average molecular weight is 415 g/mol. The molecule has 0 amide bonds. The zero-order valence-electron chi connectivity index (χ0n) is 15.2. The highest BCUT2D eigenvalue weighted by atomic mass is 35.5. The highest BCUT2D eigenvalue weighted by molar-refractivity contribution is 5.85. The fraction of sp³-hybridized carbons (Fsp3) is 0.450. The van der Waals surface area contributed by atoms with Crippen molar-refractivity contribution in [3.8, 4) is 11.6 Å². The van der Waals surface area contributed by atoms with E-state index in [9.17, 15) is 13.2 Å². The Labute approximate surface area is 167 Å². The first-order valence-electron chi connectivity index (χ1n) is 9.09. The summed E-state index contributed by atoms with van der Waals surface area (Å²) in [4.78, 5) is 3.76. The van der Waals surface area contributed by atoms with Crippen molar-refractivity contribution in [3.63, 3.8) is 0 Å². The third-order valence-electron chi connectivity index (χ3n) is 5.34. The topological polar surface area (TPSA) is 43.4 Å². The Morgan fingerprint density at radius 1 is 1.14 bits per heavy atom. The van der Waals surface area contributed by atoms with E-state index in [1.165, 1.54) is 6.07 Å². The van der Waals surface area contributed by atoms with E-state index in [0.29, 0.717) is 18.3 Å². The van der Waals surface area contributed by atoms with Crippen LogP contribution in [0.3, 0.4) is 0 Å². The molecule has 28 heavy (non-hydrogen) atoms. The van der Waals surface area contributed by atoms with Crippen molar-refractivity contribution >= 4 is 12.4 Å². The minimum atomic E-state index is -4.40. The van der Waals surface area contributed by atoms with Crippen LogP contribution in [-0.2, 0) is 10.9 Å². The highest BCUT2D eigenvalue weighted by Crippen LogP contribution is 2.42. The number of pyridine rings is 1.